The quantitative estimate of drug-likeness (QED) is 0.655. The fourth-order valence-corrected chi connectivity index (χ4v) is 1.84. The number of benzene rings is 1. The molecule has 0 atom stereocenters. The Bertz CT molecular complexity index is 679. The summed E-state index contributed by atoms with van der Waals surface area (Å²) in [6.45, 7) is 1.97. The van der Waals surface area contributed by atoms with Crippen molar-refractivity contribution in [1.82, 2.24) is 4.98 Å². The normalized spacial score (nSPS) is 10.5. The van der Waals surface area contributed by atoms with Gasteiger partial charge in [0, 0.05) is 24.0 Å². The molecule has 5 nitrogen and oxygen atoms in total. The minimum Gasteiger partial charge on any atom is -0.493 e. The second kappa shape index (κ2) is 7.26. The monoisotopic (exact) mass is 298 g/mol. The SMILES string of the molecule is COc1ccc(C(=O)C=CNc2ccc(C)cn2)cc1OC. The topological polar surface area (TPSA) is 60.5 Å². The molecule has 2 aromatic rings. The van der Waals surface area contributed by atoms with Crippen LogP contribution in [0.5, 0.6) is 11.5 Å². The summed E-state index contributed by atoms with van der Waals surface area (Å²) in [5.74, 6) is 1.66. The summed E-state index contributed by atoms with van der Waals surface area (Å²) in [4.78, 5) is 16.3. The van der Waals surface area contributed by atoms with E-state index in [2.05, 4.69) is 10.3 Å². The fourth-order valence-electron chi connectivity index (χ4n) is 1.84. The second-order valence-electron chi connectivity index (χ2n) is 4.63. The predicted molar refractivity (Wildman–Crippen MR) is 85.6 cm³/mol. The number of aryl methyl sites for hydroxylation is 1. The van der Waals surface area contributed by atoms with Crippen LogP contribution in [0.15, 0.2) is 48.8 Å². The highest BCUT2D eigenvalue weighted by molar-refractivity contribution is 6.05. The van der Waals surface area contributed by atoms with Crippen molar-refractivity contribution in [2.45, 2.75) is 6.92 Å². The van der Waals surface area contributed by atoms with Crippen molar-refractivity contribution in [3.8, 4) is 11.5 Å². The molecule has 0 saturated carbocycles. The number of allylic oxidation sites excluding steroid dienone is 1. The molecule has 0 saturated heterocycles. The number of aromatic nitrogens is 1. The van der Waals surface area contributed by atoms with Gasteiger partial charge in [0.1, 0.15) is 5.82 Å². The maximum absolute atomic E-state index is 12.1. The number of ether oxygens (including phenoxy) is 2. The van der Waals surface area contributed by atoms with Crippen LogP contribution < -0.4 is 14.8 Å². The van der Waals surface area contributed by atoms with Crippen LogP contribution in [0, 0.1) is 6.92 Å². The number of nitrogens with zero attached hydrogens (tertiary/aromatic N) is 1. The zero-order valence-electron chi connectivity index (χ0n) is 12.8. The molecule has 0 radical (unpaired) electrons. The first-order valence-electron chi connectivity index (χ1n) is 6.76. The van der Waals surface area contributed by atoms with Crippen LogP contribution >= 0.6 is 0 Å². The van der Waals surface area contributed by atoms with E-state index in [1.165, 1.54) is 13.2 Å². The summed E-state index contributed by atoms with van der Waals surface area (Å²) >= 11 is 0. The van der Waals surface area contributed by atoms with E-state index in [9.17, 15) is 4.79 Å². The molecule has 0 aliphatic heterocycles. The Kier molecular flexibility index (Phi) is 5.14. The van der Waals surface area contributed by atoms with Crippen molar-refractivity contribution in [1.29, 1.82) is 0 Å². The minimum absolute atomic E-state index is 0.138. The van der Waals surface area contributed by atoms with E-state index in [0.29, 0.717) is 22.9 Å². The molecular formula is C17H18N2O3. The number of rotatable bonds is 6. The number of carbonyl (C=O) groups is 1. The van der Waals surface area contributed by atoms with Crippen molar-refractivity contribution in [2.75, 3.05) is 19.5 Å². The number of ketones is 1. The first-order chi connectivity index (χ1) is 10.6. The van der Waals surface area contributed by atoms with Gasteiger partial charge in [-0.1, -0.05) is 6.07 Å². The molecule has 5 heteroatoms. The van der Waals surface area contributed by atoms with Crippen molar-refractivity contribution >= 4 is 11.6 Å². The highest BCUT2D eigenvalue weighted by atomic mass is 16.5. The van der Waals surface area contributed by atoms with Gasteiger partial charge >= 0.3 is 0 Å². The molecular weight excluding hydrogens is 280 g/mol. The molecule has 1 aromatic carbocycles. The molecule has 0 unspecified atom stereocenters. The van der Waals surface area contributed by atoms with Crippen molar-refractivity contribution < 1.29 is 14.3 Å². The summed E-state index contributed by atoms with van der Waals surface area (Å²) in [5.41, 5.74) is 1.60. The highest BCUT2D eigenvalue weighted by Crippen LogP contribution is 2.27. The van der Waals surface area contributed by atoms with Crippen LogP contribution in [0.25, 0.3) is 0 Å². The third-order valence-corrected chi connectivity index (χ3v) is 3.05. The predicted octanol–water partition coefficient (Wildman–Crippen LogP) is 3.22. The molecule has 0 fully saturated rings. The van der Waals surface area contributed by atoms with Gasteiger partial charge in [-0.3, -0.25) is 4.79 Å². The van der Waals surface area contributed by atoms with Gasteiger partial charge < -0.3 is 14.8 Å². The van der Waals surface area contributed by atoms with Gasteiger partial charge in [0.15, 0.2) is 17.3 Å². The van der Waals surface area contributed by atoms with Gasteiger partial charge in [-0.25, -0.2) is 4.98 Å². The summed E-state index contributed by atoms with van der Waals surface area (Å²) in [6, 6.07) is 8.84. The first-order valence-corrected chi connectivity index (χ1v) is 6.76. The van der Waals surface area contributed by atoms with E-state index in [-0.39, 0.29) is 5.78 Å². The zero-order valence-corrected chi connectivity index (χ0v) is 12.8. The molecule has 1 N–H and O–H groups in total. The van der Waals surface area contributed by atoms with E-state index in [1.54, 1.807) is 37.7 Å². The van der Waals surface area contributed by atoms with Crippen molar-refractivity contribution in [2.24, 2.45) is 0 Å². The summed E-state index contributed by atoms with van der Waals surface area (Å²) in [5, 5.41) is 2.96. The maximum atomic E-state index is 12.1. The van der Waals surface area contributed by atoms with Gasteiger partial charge in [-0.05, 0) is 36.8 Å². The Labute approximate surface area is 129 Å². The van der Waals surface area contributed by atoms with Crippen LogP contribution in [-0.4, -0.2) is 25.0 Å². The Morgan fingerprint density at radius 3 is 2.55 bits per heavy atom. The summed E-state index contributed by atoms with van der Waals surface area (Å²) < 4.78 is 10.3. The fraction of sp³-hybridized carbons (Fsp3) is 0.176. The third-order valence-electron chi connectivity index (χ3n) is 3.05. The molecule has 114 valence electrons. The van der Waals surface area contributed by atoms with E-state index in [1.807, 2.05) is 19.1 Å². The molecule has 0 aliphatic rings. The van der Waals surface area contributed by atoms with Crippen molar-refractivity contribution in [3.05, 3.63) is 59.9 Å². The Morgan fingerprint density at radius 2 is 1.91 bits per heavy atom. The smallest absolute Gasteiger partial charge is 0.187 e. The molecule has 1 aromatic heterocycles. The maximum Gasteiger partial charge on any atom is 0.187 e. The van der Waals surface area contributed by atoms with Gasteiger partial charge in [-0.2, -0.15) is 0 Å². The van der Waals surface area contributed by atoms with Crippen LogP contribution in [-0.2, 0) is 0 Å². The van der Waals surface area contributed by atoms with Gasteiger partial charge in [0.25, 0.3) is 0 Å². The number of carbonyl (C=O) groups excluding carboxylic acids is 1. The number of hydrogen-bond acceptors (Lipinski definition) is 5. The minimum atomic E-state index is -0.138. The lowest BCUT2D eigenvalue weighted by atomic mass is 10.1. The summed E-state index contributed by atoms with van der Waals surface area (Å²) in [7, 11) is 3.09. The lowest BCUT2D eigenvalue weighted by molar-refractivity contribution is 0.104. The average molecular weight is 298 g/mol. The van der Waals surface area contributed by atoms with E-state index in [0.717, 1.165) is 5.56 Å². The molecule has 0 spiro atoms. The number of pyridine rings is 1. The van der Waals surface area contributed by atoms with Crippen LogP contribution in [0.3, 0.4) is 0 Å². The lowest BCUT2D eigenvalue weighted by Crippen LogP contribution is -1.99. The number of nitrogens with one attached hydrogen (secondary N) is 1. The average Bonchev–Trinajstić information content (AvgIpc) is 2.55. The number of methoxy groups -OCH3 is 2. The van der Waals surface area contributed by atoms with E-state index >= 15 is 0 Å². The number of hydrogen-bond donors (Lipinski definition) is 1. The van der Waals surface area contributed by atoms with Gasteiger partial charge in [0.05, 0.1) is 14.2 Å². The van der Waals surface area contributed by atoms with Crippen LogP contribution in [0.4, 0.5) is 5.82 Å². The molecule has 1 heterocycles. The molecule has 0 bridgehead atoms. The van der Waals surface area contributed by atoms with E-state index < -0.39 is 0 Å². The van der Waals surface area contributed by atoms with Crippen molar-refractivity contribution in [3.63, 3.8) is 0 Å². The van der Waals surface area contributed by atoms with Gasteiger partial charge in [-0.15, -0.1) is 0 Å². The second-order valence-corrected chi connectivity index (χ2v) is 4.63. The summed E-state index contributed by atoms with van der Waals surface area (Å²) in [6.07, 6.45) is 4.77. The molecule has 0 amide bonds. The van der Waals surface area contributed by atoms with Crippen LogP contribution in [0.2, 0.25) is 0 Å². The zero-order chi connectivity index (χ0) is 15.9. The standard InChI is InChI=1S/C17H18N2O3/c1-12-4-7-17(19-11-12)18-9-8-14(20)13-5-6-15(21-2)16(10-13)22-3/h4-11H,1-3H3,(H,18,19). The van der Waals surface area contributed by atoms with Gasteiger partial charge in [0.2, 0.25) is 0 Å². The molecule has 22 heavy (non-hydrogen) atoms. The first kappa shape index (κ1) is 15.6. The molecule has 2 rings (SSSR count). The lowest BCUT2D eigenvalue weighted by Gasteiger charge is -2.08. The number of anilines is 1. The third kappa shape index (κ3) is 3.85. The molecule has 0 aliphatic carbocycles. The highest BCUT2D eigenvalue weighted by Gasteiger charge is 2.08. The largest absolute Gasteiger partial charge is 0.493 e. The Balaban J connectivity index is 2.05. The Hall–Kier alpha value is -2.82. The van der Waals surface area contributed by atoms with Crippen LogP contribution in [0.1, 0.15) is 15.9 Å². The Morgan fingerprint density at radius 1 is 1.14 bits per heavy atom. The van der Waals surface area contributed by atoms with E-state index in [4.69, 9.17) is 9.47 Å².